The minimum atomic E-state index is -3.25. The summed E-state index contributed by atoms with van der Waals surface area (Å²) >= 11 is 0. The molecule has 0 heterocycles. The fourth-order valence-electron chi connectivity index (χ4n) is 2.54. The quantitative estimate of drug-likeness (QED) is 0.723. The molecule has 2 rings (SSSR count). The molecular weight excluding hydrogens is 366 g/mol. The number of anilines is 1. The number of hydrogen-bond acceptors (Lipinski definition) is 4. The minimum absolute atomic E-state index is 0.0358. The largest absolute Gasteiger partial charge is 0.481 e. The van der Waals surface area contributed by atoms with Crippen molar-refractivity contribution in [1.82, 2.24) is 0 Å². The maximum absolute atomic E-state index is 12.2. The number of carbonyl (C=O) groups excluding carboxylic acids is 1. The van der Waals surface area contributed by atoms with Crippen molar-refractivity contribution in [3.05, 3.63) is 59.7 Å². The van der Waals surface area contributed by atoms with Gasteiger partial charge >= 0.3 is 5.97 Å². The van der Waals surface area contributed by atoms with Crippen LogP contribution in [0.5, 0.6) is 0 Å². The molecule has 1 unspecified atom stereocenters. The SMILES string of the molecule is CCS(=O)(=O)c1ccc(CC(=O)Nc2ccc(CC(C)C(=O)O)cc2)cc1. The lowest BCUT2D eigenvalue weighted by atomic mass is 10.0. The van der Waals surface area contributed by atoms with E-state index >= 15 is 0 Å². The van der Waals surface area contributed by atoms with E-state index in [1.54, 1.807) is 50.2 Å². The molecule has 0 saturated heterocycles. The van der Waals surface area contributed by atoms with E-state index in [2.05, 4.69) is 5.32 Å². The number of nitrogens with one attached hydrogen (secondary N) is 1. The Hall–Kier alpha value is -2.67. The Bertz CT molecular complexity index is 902. The topological polar surface area (TPSA) is 101 Å². The van der Waals surface area contributed by atoms with Gasteiger partial charge in [-0.1, -0.05) is 38.1 Å². The third-order valence-electron chi connectivity index (χ3n) is 4.23. The summed E-state index contributed by atoms with van der Waals surface area (Å²) in [6.07, 6.45) is 0.556. The highest BCUT2D eigenvalue weighted by atomic mass is 32.2. The number of rotatable bonds is 8. The van der Waals surface area contributed by atoms with Gasteiger partial charge in [0.05, 0.1) is 23.0 Å². The standard InChI is InChI=1S/C20H23NO5S/c1-3-27(25,26)18-10-6-16(7-11-18)13-19(22)21-17-8-4-15(5-9-17)12-14(2)20(23)24/h4-11,14H,3,12-13H2,1-2H3,(H,21,22)(H,23,24). The van der Waals surface area contributed by atoms with Crippen molar-refractivity contribution in [2.24, 2.45) is 5.92 Å². The van der Waals surface area contributed by atoms with Crippen LogP contribution in [0.1, 0.15) is 25.0 Å². The Morgan fingerprint density at radius 3 is 2.07 bits per heavy atom. The summed E-state index contributed by atoms with van der Waals surface area (Å²) in [5, 5.41) is 11.7. The Morgan fingerprint density at radius 2 is 1.56 bits per heavy atom. The van der Waals surface area contributed by atoms with Gasteiger partial charge in [0.2, 0.25) is 5.91 Å². The normalized spacial score (nSPS) is 12.4. The van der Waals surface area contributed by atoms with Crippen LogP contribution in [-0.2, 0) is 32.3 Å². The fourth-order valence-corrected chi connectivity index (χ4v) is 3.42. The Balaban J connectivity index is 1.94. The number of carboxylic acids is 1. The lowest BCUT2D eigenvalue weighted by molar-refractivity contribution is -0.141. The van der Waals surface area contributed by atoms with Gasteiger partial charge in [-0.15, -0.1) is 0 Å². The average Bonchev–Trinajstić information content (AvgIpc) is 2.63. The van der Waals surface area contributed by atoms with Crippen LogP contribution < -0.4 is 5.32 Å². The molecule has 144 valence electrons. The third kappa shape index (κ3) is 5.92. The van der Waals surface area contributed by atoms with Gasteiger partial charge in [-0.3, -0.25) is 9.59 Å². The Kier molecular flexibility index (Phi) is 6.74. The molecule has 0 saturated carbocycles. The number of sulfone groups is 1. The molecule has 0 fully saturated rings. The molecule has 27 heavy (non-hydrogen) atoms. The van der Waals surface area contributed by atoms with Crippen LogP contribution in [0.15, 0.2) is 53.4 Å². The number of hydrogen-bond donors (Lipinski definition) is 2. The first kappa shape index (κ1) is 20.6. The molecule has 0 aliphatic carbocycles. The number of benzene rings is 2. The van der Waals surface area contributed by atoms with Crippen molar-refractivity contribution in [2.45, 2.75) is 31.6 Å². The lowest BCUT2D eigenvalue weighted by Gasteiger charge is -2.09. The van der Waals surface area contributed by atoms with E-state index in [1.165, 1.54) is 12.1 Å². The first-order valence-electron chi connectivity index (χ1n) is 8.64. The van der Waals surface area contributed by atoms with Crippen LogP contribution in [0.4, 0.5) is 5.69 Å². The molecule has 2 aromatic rings. The molecule has 0 aromatic heterocycles. The molecule has 0 aliphatic rings. The zero-order chi connectivity index (χ0) is 20.0. The summed E-state index contributed by atoms with van der Waals surface area (Å²) in [7, 11) is -3.25. The third-order valence-corrected chi connectivity index (χ3v) is 5.98. The predicted octanol–water partition coefficient (Wildman–Crippen LogP) is 2.92. The molecule has 2 aromatic carbocycles. The van der Waals surface area contributed by atoms with E-state index in [-0.39, 0.29) is 23.0 Å². The van der Waals surface area contributed by atoms with Crippen molar-refractivity contribution in [2.75, 3.05) is 11.1 Å². The second-order valence-corrected chi connectivity index (χ2v) is 8.69. The van der Waals surface area contributed by atoms with Crippen LogP contribution in [0.2, 0.25) is 0 Å². The van der Waals surface area contributed by atoms with Crippen LogP contribution in [0.3, 0.4) is 0 Å². The van der Waals surface area contributed by atoms with Gasteiger partial charge in [0, 0.05) is 5.69 Å². The Morgan fingerprint density at radius 1 is 1.00 bits per heavy atom. The van der Waals surface area contributed by atoms with Crippen LogP contribution in [-0.4, -0.2) is 31.2 Å². The highest BCUT2D eigenvalue weighted by molar-refractivity contribution is 7.91. The molecule has 0 radical (unpaired) electrons. The van der Waals surface area contributed by atoms with Gasteiger partial charge in [-0.2, -0.15) is 0 Å². The van der Waals surface area contributed by atoms with Gasteiger partial charge in [0.15, 0.2) is 9.84 Å². The molecule has 2 N–H and O–H groups in total. The van der Waals surface area contributed by atoms with Gasteiger partial charge in [0.25, 0.3) is 0 Å². The number of aliphatic carboxylic acids is 1. The molecule has 1 atom stereocenters. The molecule has 0 bridgehead atoms. The highest BCUT2D eigenvalue weighted by Crippen LogP contribution is 2.15. The first-order valence-corrected chi connectivity index (χ1v) is 10.3. The van der Waals surface area contributed by atoms with Crippen LogP contribution in [0.25, 0.3) is 0 Å². The Labute approximate surface area is 159 Å². The maximum Gasteiger partial charge on any atom is 0.306 e. The summed E-state index contributed by atoms with van der Waals surface area (Å²) in [5.74, 6) is -1.49. The van der Waals surface area contributed by atoms with E-state index in [1.807, 2.05) is 0 Å². The molecule has 0 aliphatic heterocycles. The summed E-state index contributed by atoms with van der Waals surface area (Å²) < 4.78 is 23.6. The molecule has 7 heteroatoms. The van der Waals surface area contributed by atoms with Gasteiger partial charge in [0.1, 0.15) is 0 Å². The van der Waals surface area contributed by atoms with Crippen molar-refractivity contribution in [1.29, 1.82) is 0 Å². The smallest absolute Gasteiger partial charge is 0.306 e. The fraction of sp³-hybridized carbons (Fsp3) is 0.300. The zero-order valence-electron chi connectivity index (χ0n) is 15.3. The summed E-state index contributed by atoms with van der Waals surface area (Å²) in [4.78, 5) is 23.3. The van der Waals surface area contributed by atoms with Crippen molar-refractivity contribution < 1.29 is 23.1 Å². The number of carboxylic acid groups (broad SMARTS) is 1. The van der Waals surface area contributed by atoms with E-state index in [0.717, 1.165) is 11.1 Å². The zero-order valence-corrected chi connectivity index (χ0v) is 16.1. The van der Waals surface area contributed by atoms with Crippen LogP contribution >= 0.6 is 0 Å². The minimum Gasteiger partial charge on any atom is -0.481 e. The predicted molar refractivity (Wildman–Crippen MR) is 103 cm³/mol. The molecular formula is C20H23NO5S. The second-order valence-electron chi connectivity index (χ2n) is 6.41. The van der Waals surface area contributed by atoms with Gasteiger partial charge in [-0.05, 0) is 41.8 Å². The number of amides is 1. The van der Waals surface area contributed by atoms with Crippen LogP contribution in [0, 0.1) is 5.92 Å². The summed E-state index contributed by atoms with van der Waals surface area (Å²) in [5.41, 5.74) is 2.22. The average molecular weight is 389 g/mol. The summed E-state index contributed by atoms with van der Waals surface area (Å²) in [6.45, 7) is 3.24. The monoisotopic (exact) mass is 389 g/mol. The van der Waals surface area contributed by atoms with Gasteiger partial charge in [-0.25, -0.2) is 8.42 Å². The first-order chi connectivity index (χ1) is 12.7. The van der Waals surface area contributed by atoms with E-state index in [0.29, 0.717) is 12.1 Å². The van der Waals surface area contributed by atoms with E-state index in [4.69, 9.17) is 5.11 Å². The molecule has 1 amide bonds. The summed E-state index contributed by atoms with van der Waals surface area (Å²) in [6, 6.07) is 13.4. The van der Waals surface area contributed by atoms with Gasteiger partial charge < -0.3 is 10.4 Å². The maximum atomic E-state index is 12.2. The van der Waals surface area contributed by atoms with E-state index < -0.39 is 21.7 Å². The second kappa shape index (κ2) is 8.81. The van der Waals surface area contributed by atoms with Crippen molar-refractivity contribution in [3.8, 4) is 0 Å². The molecule has 6 nitrogen and oxygen atoms in total. The lowest BCUT2D eigenvalue weighted by Crippen LogP contribution is -2.15. The molecule has 0 spiro atoms. The van der Waals surface area contributed by atoms with E-state index in [9.17, 15) is 18.0 Å². The van der Waals surface area contributed by atoms with Crippen molar-refractivity contribution >= 4 is 27.4 Å². The number of carbonyl (C=O) groups is 2. The highest BCUT2D eigenvalue weighted by Gasteiger charge is 2.13. The van der Waals surface area contributed by atoms with Crippen molar-refractivity contribution in [3.63, 3.8) is 0 Å².